The van der Waals surface area contributed by atoms with Gasteiger partial charge in [0.15, 0.2) is 0 Å². The Morgan fingerprint density at radius 2 is 1.76 bits per heavy atom. The zero-order valence-electron chi connectivity index (χ0n) is 14.1. The monoisotopic (exact) mass is 341 g/mol. The Bertz CT molecular complexity index is 823. The lowest BCUT2D eigenvalue weighted by Gasteiger charge is -2.15. The van der Waals surface area contributed by atoms with Gasteiger partial charge in [0.25, 0.3) is 11.8 Å². The van der Waals surface area contributed by atoms with Crippen LogP contribution in [0, 0.1) is 13.8 Å². The maximum Gasteiger partial charge on any atom is 0.273 e. The number of rotatable bonds is 3. The molecule has 0 aliphatic carbocycles. The van der Waals surface area contributed by atoms with Crippen molar-refractivity contribution < 1.29 is 18.8 Å². The van der Waals surface area contributed by atoms with Crippen LogP contribution in [-0.2, 0) is 4.79 Å². The van der Waals surface area contributed by atoms with Crippen molar-refractivity contribution in [2.75, 3.05) is 11.4 Å². The number of hydrazine groups is 1. The topological polar surface area (TPSA) is 91.7 Å². The van der Waals surface area contributed by atoms with Crippen LogP contribution in [0.3, 0.4) is 0 Å². The zero-order chi connectivity index (χ0) is 18.0. The van der Waals surface area contributed by atoms with E-state index in [4.69, 9.17) is 4.42 Å². The van der Waals surface area contributed by atoms with Crippen molar-refractivity contribution in [2.24, 2.45) is 0 Å². The molecule has 0 atom stereocenters. The third-order valence-corrected chi connectivity index (χ3v) is 4.09. The van der Waals surface area contributed by atoms with Crippen molar-refractivity contribution in [1.82, 2.24) is 10.9 Å². The van der Waals surface area contributed by atoms with Gasteiger partial charge >= 0.3 is 0 Å². The first-order chi connectivity index (χ1) is 12.0. The first kappa shape index (κ1) is 16.8. The minimum Gasteiger partial charge on any atom is -0.466 e. The summed E-state index contributed by atoms with van der Waals surface area (Å²) >= 11 is 0. The molecule has 1 aliphatic rings. The van der Waals surface area contributed by atoms with Gasteiger partial charge in [-0.05, 0) is 50.6 Å². The number of furan rings is 1. The van der Waals surface area contributed by atoms with Crippen molar-refractivity contribution in [3.8, 4) is 0 Å². The normalized spacial score (nSPS) is 13.8. The summed E-state index contributed by atoms with van der Waals surface area (Å²) in [6.07, 6.45) is 1.40. The molecule has 0 radical (unpaired) electrons. The third-order valence-electron chi connectivity index (χ3n) is 4.09. The van der Waals surface area contributed by atoms with Gasteiger partial charge in [-0.1, -0.05) is 0 Å². The van der Waals surface area contributed by atoms with Gasteiger partial charge in [0.1, 0.15) is 11.5 Å². The molecule has 3 rings (SSSR count). The maximum atomic E-state index is 12.1. The lowest BCUT2D eigenvalue weighted by Crippen LogP contribution is -2.41. The summed E-state index contributed by atoms with van der Waals surface area (Å²) < 4.78 is 5.29. The molecular formula is C18H19N3O4. The molecule has 0 spiro atoms. The summed E-state index contributed by atoms with van der Waals surface area (Å²) in [5.41, 5.74) is 6.27. The number of hydrogen-bond donors (Lipinski definition) is 2. The van der Waals surface area contributed by atoms with E-state index in [2.05, 4.69) is 10.9 Å². The van der Waals surface area contributed by atoms with E-state index in [1.165, 1.54) is 0 Å². The summed E-state index contributed by atoms with van der Waals surface area (Å²) in [7, 11) is 0. The number of amides is 3. The molecule has 2 aromatic rings. The van der Waals surface area contributed by atoms with Gasteiger partial charge in [-0.25, -0.2) is 0 Å². The Labute approximate surface area is 145 Å². The molecule has 0 saturated carbocycles. The van der Waals surface area contributed by atoms with Gasteiger partial charge in [-0.15, -0.1) is 0 Å². The van der Waals surface area contributed by atoms with Crippen LogP contribution in [0.5, 0.6) is 0 Å². The molecule has 1 saturated heterocycles. The summed E-state index contributed by atoms with van der Waals surface area (Å²) in [6.45, 7) is 4.13. The zero-order valence-corrected chi connectivity index (χ0v) is 14.1. The molecule has 2 heterocycles. The number of anilines is 1. The van der Waals surface area contributed by atoms with Gasteiger partial charge in [0, 0.05) is 24.2 Å². The van der Waals surface area contributed by atoms with E-state index in [1.54, 1.807) is 49.1 Å². The summed E-state index contributed by atoms with van der Waals surface area (Å²) in [4.78, 5) is 37.6. The van der Waals surface area contributed by atoms with E-state index < -0.39 is 11.8 Å². The summed E-state index contributed by atoms with van der Waals surface area (Å²) in [5, 5.41) is 0. The number of carbonyl (C=O) groups excluding carboxylic acids is 3. The SMILES string of the molecule is Cc1cc(C(=O)NNC(=O)c2ccc(N3CCCC3=O)cc2)c(C)o1. The number of aryl methyl sites for hydroxylation is 2. The average Bonchev–Trinajstić information content (AvgIpc) is 3.17. The second-order valence-electron chi connectivity index (χ2n) is 5.93. The Kier molecular flexibility index (Phi) is 4.56. The van der Waals surface area contributed by atoms with Crippen molar-refractivity contribution in [1.29, 1.82) is 0 Å². The van der Waals surface area contributed by atoms with Crippen LogP contribution in [-0.4, -0.2) is 24.3 Å². The second kappa shape index (κ2) is 6.80. The first-order valence-corrected chi connectivity index (χ1v) is 8.04. The number of hydrogen-bond acceptors (Lipinski definition) is 4. The van der Waals surface area contributed by atoms with Gasteiger partial charge in [-0.2, -0.15) is 0 Å². The Morgan fingerprint density at radius 3 is 2.32 bits per heavy atom. The molecule has 1 aromatic carbocycles. The van der Waals surface area contributed by atoms with E-state index in [0.717, 1.165) is 12.1 Å². The highest BCUT2D eigenvalue weighted by Gasteiger charge is 2.21. The molecule has 3 amide bonds. The molecule has 130 valence electrons. The molecule has 1 fully saturated rings. The van der Waals surface area contributed by atoms with E-state index in [9.17, 15) is 14.4 Å². The molecule has 7 nitrogen and oxygen atoms in total. The highest BCUT2D eigenvalue weighted by atomic mass is 16.3. The van der Waals surface area contributed by atoms with Crippen molar-refractivity contribution in [2.45, 2.75) is 26.7 Å². The van der Waals surface area contributed by atoms with Crippen LogP contribution < -0.4 is 15.8 Å². The summed E-state index contributed by atoms with van der Waals surface area (Å²) in [5.74, 6) is 0.327. The average molecular weight is 341 g/mol. The minimum absolute atomic E-state index is 0.0928. The van der Waals surface area contributed by atoms with Crippen LogP contribution in [0.15, 0.2) is 34.7 Å². The van der Waals surface area contributed by atoms with Crippen molar-refractivity contribution >= 4 is 23.4 Å². The van der Waals surface area contributed by atoms with Gasteiger partial charge in [-0.3, -0.25) is 25.2 Å². The van der Waals surface area contributed by atoms with E-state index in [0.29, 0.717) is 35.6 Å². The van der Waals surface area contributed by atoms with Crippen LogP contribution in [0.2, 0.25) is 0 Å². The number of benzene rings is 1. The van der Waals surface area contributed by atoms with Crippen molar-refractivity contribution in [3.63, 3.8) is 0 Å². The molecule has 2 N–H and O–H groups in total. The lowest BCUT2D eigenvalue weighted by molar-refractivity contribution is -0.117. The van der Waals surface area contributed by atoms with Crippen molar-refractivity contribution in [3.05, 3.63) is 53.0 Å². The smallest absolute Gasteiger partial charge is 0.273 e. The molecule has 1 aromatic heterocycles. The van der Waals surface area contributed by atoms with E-state index in [1.807, 2.05) is 0 Å². The Morgan fingerprint density at radius 1 is 1.08 bits per heavy atom. The minimum atomic E-state index is -0.443. The lowest BCUT2D eigenvalue weighted by atomic mass is 10.2. The fourth-order valence-corrected chi connectivity index (χ4v) is 2.82. The fourth-order valence-electron chi connectivity index (χ4n) is 2.82. The van der Waals surface area contributed by atoms with Crippen LogP contribution in [0.1, 0.15) is 45.1 Å². The highest BCUT2D eigenvalue weighted by Crippen LogP contribution is 2.21. The third kappa shape index (κ3) is 3.55. The van der Waals surface area contributed by atoms with Gasteiger partial charge < -0.3 is 9.32 Å². The number of carbonyl (C=O) groups is 3. The first-order valence-electron chi connectivity index (χ1n) is 8.04. The molecule has 0 unspecified atom stereocenters. The van der Waals surface area contributed by atoms with E-state index in [-0.39, 0.29) is 5.91 Å². The molecule has 7 heteroatoms. The quantitative estimate of drug-likeness (QED) is 0.836. The summed E-state index contributed by atoms with van der Waals surface area (Å²) in [6, 6.07) is 8.30. The standard InChI is InChI=1S/C18H19N3O4/c1-11-10-15(12(2)25-11)18(24)20-19-17(23)13-5-7-14(8-6-13)21-9-3-4-16(21)22/h5-8,10H,3-4,9H2,1-2H3,(H,19,23)(H,20,24). The molecular weight excluding hydrogens is 322 g/mol. The predicted molar refractivity (Wildman–Crippen MR) is 91.1 cm³/mol. The fraction of sp³-hybridized carbons (Fsp3) is 0.278. The number of nitrogens with zero attached hydrogens (tertiary/aromatic N) is 1. The molecule has 0 bridgehead atoms. The van der Waals surface area contributed by atoms with Gasteiger partial charge in [0.2, 0.25) is 5.91 Å². The molecule has 1 aliphatic heterocycles. The van der Waals surface area contributed by atoms with Crippen LogP contribution in [0.4, 0.5) is 5.69 Å². The highest BCUT2D eigenvalue weighted by molar-refractivity contribution is 6.00. The van der Waals surface area contributed by atoms with Crippen LogP contribution >= 0.6 is 0 Å². The predicted octanol–water partition coefficient (Wildman–Crippen LogP) is 2.10. The number of nitrogens with one attached hydrogen (secondary N) is 2. The van der Waals surface area contributed by atoms with E-state index >= 15 is 0 Å². The Balaban J connectivity index is 1.60. The molecule has 25 heavy (non-hydrogen) atoms. The largest absolute Gasteiger partial charge is 0.466 e. The van der Waals surface area contributed by atoms with Gasteiger partial charge in [0.05, 0.1) is 5.56 Å². The maximum absolute atomic E-state index is 12.1. The Hall–Kier alpha value is -3.09. The second-order valence-corrected chi connectivity index (χ2v) is 5.93. The van der Waals surface area contributed by atoms with Crippen LogP contribution in [0.25, 0.3) is 0 Å².